The summed E-state index contributed by atoms with van der Waals surface area (Å²) in [6.45, 7) is 5.35. The number of aromatic nitrogens is 2. The van der Waals surface area contributed by atoms with Crippen LogP contribution in [-0.4, -0.2) is 22.4 Å². The molecule has 1 aromatic rings. The van der Waals surface area contributed by atoms with Crippen LogP contribution in [0.1, 0.15) is 32.4 Å². The van der Waals surface area contributed by atoms with Crippen LogP contribution in [0.4, 0.5) is 0 Å². The molecule has 1 aromatic heterocycles. The Morgan fingerprint density at radius 1 is 1.59 bits per heavy atom. The van der Waals surface area contributed by atoms with Crippen LogP contribution >= 0.6 is 0 Å². The van der Waals surface area contributed by atoms with E-state index in [0.29, 0.717) is 25.4 Å². The fourth-order valence-corrected chi connectivity index (χ4v) is 1.84. The second-order valence-electron chi connectivity index (χ2n) is 4.79. The molecule has 0 fully saturated rings. The van der Waals surface area contributed by atoms with Gasteiger partial charge in [-0.2, -0.15) is 0 Å². The topological polar surface area (TPSA) is 83.8 Å². The SMILES string of the molecule is CC(C)CC(CN)CC(=O)NCc1cnc[nH]1. The highest BCUT2D eigenvalue weighted by Gasteiger charge is 2.13. The van der Waals surface area contributed by atoms with Crippen molar-refractivity contribution in [1.29, 1.82) is 0 Å². The summed E-state index contributed by atoms with van der Waals surface area (Å²) < 4.78 is 0. The van der Waals surface area contributed by atoms with Crippen LogP contribution < -0.4 is 11.1 Å². The third-order valence-electron chi connectivity index (χ3n) is 2.64. The molecule has 0 bridgehead atoms. The van der Waals surface area contributed by atoms with Gasteiger partial charge >= 0.3 is 0 Å². The van der Waals surface area contributed by atoms with E-state index in [2.05, 4.69) is 29.1 Å². The molecule has 96 valence electrons. The first-order valence-corrected chi connectivity index (χ1v) is 6.05. The van der Waals surface area contributed by atoms with Crippen molar-refractivity contribution in [2.75, 3.05) is 6.54 Å². The lowest BCUT2D eigenvalue weighted by Gasteiger charge is -2.16. The molecule has 1 heterocycles. The van der Waals surface area contributed by atoms with Gasteiger partial charge in [0.25, 0.3) is 0 Å². The van der Waals surface area contributed by atoms with Gasteiger partial charge in [0.05, 0.1) is 18.6 Å². The molecule has 0 aliphatic heterocycles. The van der Waals surface area contributed by atoms with Crippen molar-refractivity contribution in [1.82, 2.24) is 15.3 Å². The highest BCUT2D eigenvalue weighted by molar-refractivity contribution is 5.76. The first-order valence-electron chi connectivity index (χ1n) is 6.05. The third-order valence-corrected chi connectivity index (χ3v) is 2.64. The average molecular weight is 238 g/mol. The van der Waals surface area contributed by atoms with Crippen LogP contribution in [0.5, 0.6) is 0 Å². The van der Waals surface area contributed by atoms with E-state index in [0.717, 1.165) is 12.1 Å². The Morgan fingerprint density at radius 2 is 2.35 bits per heavy atom. The third kappa shape index (κ3) is 5.49. The van der Waals surface area contributed by atoms with Crippen molar-refractivity contribution >= 4 is 5.91 Å². The number of hydrogen-bond acceptors (Lipinski definition) is 3. The number of carbonyl (C=O) groups excluding carboxylic acids is 1. The minimum atomic E-state index is 0.0516. The molecule has 0 aromatic carbocycles. The van der Waals surface area contributed by atoms with E-state index in [9.17, 15) is 4.79 Å². The van der Waals surface area contributed by atoms with E-state index in [-0.39, 0.29) is 11.8 Å². The number of nitrogens with one attached hydrogen (secondary N) is 2. The maximum absolute atomic E-state index is 11.7. The van der Waals surface area contributed by atoms with Gasteiger partial charge in [-0.15, -0.1) is 0 Å². The number of carbonyl (C=O) groups is 1. The zero-order valence-electron chi connectivity index (χ0n) is 10.6. The first kappa shape index (κ1) is 13.7. The Balaban J connectivity index is 2.27. The summed E-state index contributed by atoms with van der Waals surface area (Å²) in [6, 6.07) is 0. The van der Waals surface area contributed by atoms with Crippen LogP contribution in [0.3, 0.4) is 0 Å². The van der Waals surface area contributed by atoms with Gasteiger partial charge in [-0.3, -0.25) is 4.79 Å². The van der Waals surface area contributed by atoms with Crippen molar-refractivity contribution < 1.29 is 4.79 Å². The van der Waals surface area contributed by atoms with E-state index >= 15 is 0 Å². The Kier molecular flexibility index (Phi) is 5.69. The quantitative estimate of drug-likeness (QED) is 0.663. The molecular formula is C12H22N4O. The molecule has 0 radical (unpaired) electrons. The molecule has 17 heavy (non-hydrogen) atoms. The van der Waals surface area contributed by atoms with Gasteiger partial charge in [0, 0.05) is 12.6 Å². The molecule has 0 aliphatic rings. The van der Waals surface area contributed by atoms with Gasteiger partial charge in [0.2, 0.25) is 5.91 Å². The summed E-state index contributed by atoms with van der Waals surface area (Å²) in [6.07, 6.45) is 4.80. The fourth-order valence-electron chi connectivity index (χ4n) is 1.84. The highest BCUT2D eigenvalue weighted by atomic mass is 16.1. The molecule has 1 unspecified atom stereocenters. The van der Waals surface area contributed by atoms with Crippen molar-refractivity contribution in [3.05, 3.63) is 18.2 Å². The van der Waals surface area contributed by atoms with Crippen LogP contribution in [0.2, 0.25) is 0 Å². The fraction of sp³-hybridized carbons (Fsp3) is 0.667. The molecule has 1 amide bonds. The van der Waals surface area contributed by atoms with Gasteiger partial charge in [0.1, 0.15) is 0 Å². The lowest BCUT2D eigenvalue weighted by molar-refractivity contribution is -0.122. The monoisotopic (exact) mass is 238 g/mol. The van der Waals surface area contributed by atoms with E-state index in [4.69, 9.17) is 5.73 Å². The van der Waals surface area contributed by atoms with Crippen molar-refractivity contribution in [2.24, 2.45) is 17.6 Å². The summed E-state index contributed by atoms with van der Waals surface area (Å²) >= 11 is 0. The van der Waals surface area contributed by atoms with E-state index in [1.54, 1.807) is 12.5 Å². The normalized spacial score (nSPS) is 12.7. The molecule has 0 saturated carbocycles. The molecule has 1 atom stereocenters. The zero-order chi connectivity index (χ0) is 12.7. The minimum Gasteiger partial charge on any atom is -0.350 e. The maximum Gasteiger partial charge on any atom is 0.220 e. The average Bonchev–Trinajstić information content (AvgIpc) is 2.77. The number of nitrogens with two attached hydrogens (primary N) is 1. The zero-order valence-corrected chi connectivity index (χ0v) is 10.6. The molecule has 0 spiro atoms. The first-order chi connectivity index (χ1) is 8.11. The second-order valence-corrected chi connectivity index (χ2v) is 4.79. The van der Waals surface area contributed by atoms with E-state index < -0.39 is 0 Å². The number of nitrogens with zero attached hydrogens (tertiary/aromatic N) is 1. The van der Waals surface area contributed by atoms with Crippen molar-refractivity contribution in [3.63, 3.8) is 0 Å². The molecular weight excluding hydrogens is 216 g/mol. The lowest BCUT2D eigenvalue weighted by atomic mass is 9.94. The lowest BCUT2D eigenvalue weighted by Crippen LogP contribution is -2.28. The minimum absolute atomic E-state index is 0.0516. The van der Waals surface area contributed by atoms with Crippen molar-refractivity contribution in [2.45, 2.75) is 33.2 Å². The van der Waals surface area contributed by atoms with Gasteiger partial charge in [-0.25, -0.2) is 4.98 Å². The van der Waals surface area contributed by atoms with E-state index in [1.165, 1.54) is 0 Å². The summed E-state index contributed by atoms with van der Waals surface area (Å²) in [5, 5.41) is 2.86. The Bertz CT molecular complexity index is 321. The summed E-state index contributed by atoms with van der Waals surface area (Å²) in [5.74, 6) is 0.899. The Morgan fingerprint density at radius 3 is 2.88 bits per heavy atom. The summed E-state index contributed by atoms with van der Waals surface area (Å²) in [7, 11) is 0. The Hall–Kier alpha value is -1.36. The predicted octanol–water partition coefficient (Wildman–Crippen LogP) is 1.04. The summed E-state index contributed by atoms with van der Waals surface area (Å²) in [4.78, 5) is 18.5. The van der Waals surface area contributed by atoms with Gasteiger partial charge in [0.15, 0.2) is 0 Å². The number of H-pyrrole nitrogens is 1. The summed E-state index contributed by atoms with van der Waals surface area (Å²) in [5.41, 5.74) is 6.57. The molecule has 4 N–H and O–H groups in total. The molecule has 5 heteroatoms. The number of hydrogen-bond donors (Lipinski definition) is 3. The Labute approximate surface area is 102 Å². The van der Waals surface area contributed by atoms with Crippen LogP contribution in [0, 0.1) is 11.8 Å². The predicted molar refractivity (Wildman–Crippen MR) is 67.1 cm³/mol. The number of aromatic amines is 1. The van der Waals surface area contributed by atoms with Gasteiger partial charge < -0.3 is 16.0 Å². The van der Waals surface area contributed by atoms with Gasteiger partial charge in [-0.05, 0) is 24.8 Å². The number of amides is 1. The molecule has 1 rings (SSSR count). The number of imidazole rings is 1. The number of rotatable bonds is 7. The second kappa shape index (κ2) is 7.06. The van der Waals surface area contributed by atoms with Crippen LogP contribution in [-0.2, 0) is 11.3 Å². The maximum atomic E-state index is 11.7. The molecule has 0 saturated heterocycles. The van der Waals surface area contributed by atoms with Gasteiger partial charge in [-0.1, -0.05) is 13.8 Å². The largest absolute Gasteiger partial charge is 0.350 e. The smallest absolute Gasteiger partial charge is 0.220 e. The van der Waals surface area contributed by atoms with Crippen LogP contribution in [0.15, 0.2) is 12.5 Å². The standard InChI is InChI=1S/C12H22N4O/c1-9(2)3-10(5-13)4-12(17)15-7-11-6-14-8-16-11/h6,8-10H,3-5,7,13H2,1-2H3,(H,14,16)(H,15,17). The van der Waals surface area contributed by atoms with Crippen LogP contribution in [0.25, 0.3) is 0 Å². The van der Waals surface area contributed by atoms with E-state index in [1.807, 2.05) is 0 Å². The highest BCUT2D eigenvalue weighted by Crippen LogP contribution is 2.13. The molecule has 0 aliphatic carbocycles. The van der Waals surface area contributed by atoms with Crippen molar-refractivity contribution in [3.8, 4) is 0 Å². The molecule has 5 nitrogen and oxygen atoms in total.